The third-order valence-electron chi connectivity index (χ3n) is 6.92. The Balaban J connectivity index is 1.54. The number of aliphatic hydroxyl groups is 1. The van der Waals surface area contributed by atoms with E-state index in [4.69, 9.17) is 0 Å². The van der Waals surface area contributed by atoms with Crippen LogP contribution >= 0.6 is 0 Å². The summed E-state index contributed by atoms with van der Waals surface area (Å²) in [5.41, 5.74) is 4.40. The van der Waals surface area contributed by atoms with Gasteiger partial charge in [0.2, 0.25) is 0 Å². The fraction of sp³-hybridized carbons (Fsp3) is 0.320. The van der Waals surface area contributed by atoms with Crippen LogP contribution in [0.1, 0.15) is 43.0 Å². The van der Waals surface area contributed by atoms with E-state index in [2.05, 4.69) is 30.2 Å². The number of rotatable bonds is 3. The fourth-order valence-electron chi connectivity index (χ4n) is 5.16. The second-order valence-electron chi connectivity index (χ2n) is 8.67. The van der Waals surface area contributed by atoms with Crippen LogP contribution in [0.4, 0.5) is 4.39 Å². The molecule has 1 N–H and O–H groups in total. The lowest BCUT2D eigenvalue weighted by molar-refractivity contribution is -0.0780. The highest BCUT2D eigenvalue weighted by atomic mass is 19.1. The maximum Gasteiger partial charge on any atom is 0.123 e. The fourth-order valence-corrected chi connectivity index (χ4v) is 5.16. The summed E-state index contributed by atoms with van der Waals surface area (Å²) in [6.07, 6.45) is 8.30. The molecule has 148 valence electrons. The quantitative estimate of drug-likeness (QED) is 0.677. The first kappa shape index (κ1) is 18.3. The third kappa shape index (κ3) is 2.94. The van der Waals surface area contributed by atoms with E-state index in [0.717, 1.165) is 42.6 Å². The van der Waals surface area contributed by atoms with Crippen molar-refractivity contribution < 1.29 is 9.50 Å². The number of halogens is 1. The second-order valence-corrected chi connectivity index (χ2v) is 8.67. The SMILES string of the molecule is C[C@]12Cc3cnn(-c4ccc(F)cc4)c3C=C1CCC[C@@]2(O)Cc1ccccc1. The molecular weight excluding hydrogens is 363 g/mol. The van der Waals surface area contributed by atoms with Crippen molar-refractivity contribution in [2.45, 2.75) is 44.6 Å². The lowest BCUT2D eigenvalue weighted by atomic mass is 9.56. The van der Waals surface area contributed by atoms with Gasteiger partial charge in [0.15, 0.2) is 0 Å². The van der Waals surface area contributed by atoms with Crippen LogP contribution in [-0.2, 0) is 12.8 Å². The van der Waals surface area contributed by atoms with Crippen LogP contribution in [0.3, 0.4) is 0 Å². The Hall–Kier alpha value is -2.72. The molecule has 4 heteroatoms. The molecule has 2 atom stereocenters. The standard InChI is InChI=1S/C25H25FN2O/c1-24-16-19-17-27-28(22-11-9-21(26)10-12-22)23(19)14-20(24)8-5-13-25(24,29)15-18-6-3-2-4-7-18/h2-4,6-7,9-12,14,17,29H,5,8,13,15-16H2,1H3/t24-,25+/m0/s1. The zero-order valence-corrected chi connectivity index (χ0v) is 16.6. The first-order valence-electron chi connectivity index (χ1n) is 10.3. The largest absolute Gasteiger partial charge is 0.389 e. The summed E-state index contributed by atoms with van der Waals surface area (Å²) in [4.78, 5) is 0. The van der Waals surface area contributed by atoms with Crippen LogP contribution in [-0.4, -0.2) is 20.5 Å². The maximum absolute atomic E-state index is 13.3. The van der Waals surface area contributed by atoms with Gasteiger partial charge >= 0.3 is 0 Å². The normalized spacial score (nSPS) is 25.8. The van der Waals surface area contributed by atoms with Gasteiger partial charge < -0.3 is 5.11 Å². The van der Waals surface area contributed by atoms with E-state index in [1.807, 2.05) is 29.1 Å². The summed E-state index contributed by atoms with van der Waals surface area (Å²) < 4.78 is 15.2. The molecule has 0 unspecified atom stereocenters. The molecular formula is C25H25FN2O. The van der Waals surface area contributed by atoms with Gasteiger partial charge in [0.25, 0.3) is 0 Å². The monoisotopic (exact) mass is 388 g/mol. The number of fused-ring (bicyclic) bond motifs is 2. The van der Waals surface area contributed by atoms with Gasteiger partial charge in [-0.3, -0.25) is 0 Å². The first-order chi connectivity index (χ1) is 14.0. The minimum absolute atomic E-state index is 0.251. The van der Waals surface area contributed by atoms with Gasteiger partial charge in [-0.2, -0.15) is 5.10 Å². The molecule has 0 spiro atoms. The topological polar surface area (TPSA) is 38.0 Å². The number of hydrogen-bond acceptors (Lipinski definition) is 2. The Bertz CT molecular complexity index is 1070. The van der Waals surface area contributed by atoms with Crippen molar-refractivity contribution in [3.05, 3.63) is 89.0 Å². The Morgan fingerprint density at radius 2 is 1.86 bits per heavy atom. The van der Waals surface area contributed by atoms with Crippen molar-refractivity contribution in [2.24, 2.45) is 5.41 Å². The van der Waals surface area contributed by atoms with E-state index >= 15 is 0 Å². The predicted molar refractivity (Wildman–Crippen MR) is 112 cm³/mol. The average molecular weight is 388 g/mol. The maximum atomic E-state index is 13.3. The Kier molecular flexibility index (Phi) is 4.21. The van der Waals surface area contributed by atoms with Crippen molar-refractivity contribution >= 4 is 6.08 Å². The van der Waals surface area contributed by atoms with E-state index in [-0.39, 0.29) is 11.2 Å². The van der Waals surface area contributed by atoms with E-state index < -0.39 is 5.60 Å². The molecule has 3 aromatic rings. The molecule has 1 aromatic heterocycles. The summed E-state index contributed by atoms with van der Waals surface area (Å²) in [5, 5.41) is 16.4. The van der Waals surface area contributed by atoms with Gasteiger partial charge in [-0.15, -0.1) is 0 Å². The summed E-state index contributed by atoms with van der Waals surface area (Å²) in [6.45, 7) is 2.21. The van der Waals surface area contributed by atoms with Crippen molar-refractivity contribution in [3.63, 3.8) is 0 Å². The Morgan fingerprint density at radius 3 is 2.62 bits per heavy atom. The second kappa shape index (κ2) is 6.67. The van der Waals surface area contributed by atoms with Crippen molar-refractivity contribution in [1.29, 1.82) is 0 Å². The lowest BCUT2D eigenvalue weighted by Crippen LogP contribution is -2.53. The zero-order valence-electron chi connectivity index (χ0n) is 16.6. The number of benzene rings is 2. The smallest absolute Gasteiger partial charge is 0.123 e. The van der Waals surface area contributed by atoms with E-state index in [0.29, 0.717) is 6.42 Å². The van der Waals surface area contributed by atoms with Crippen LogP contribution in [0.5, 0.6) is 0 Å². The van der Waals surface area contributed by atoms with Gasteiger partial charge in [-0.1, -0.05) is 42.8 Å². The van der Waals surface area contributed by atoms with Gasteiger partial charge in [0, 0.05) is 11.8 Å². The van der Waals surface area contributed by atoms with E-state index in [1.165, 1.54) is 23.3 Å². The van der Waals surface area contributed by atoms with Crippen molar-refractivity contribution in [3.8, 4) is 5.69 Å². The van der Waals surface area contributed by atoms with Crippen LogP contribution < -0.4 is 0 Å². The lowest BCUT2D eigenvalue weighted by Gasteiger charge is -2.52. The minimum Gasteiger partial charge on any atom is -0.389 e. The molecule has 2 aliphatic carbocycles. The molecule has 0 bridgehead atoms. The van der Waals surface area contributed by atoms with Gasteiger partial charge in [0.1, 0.15) is 5.82 Å². The highest BCUT2D eigenvalue weighted by Gasteiger charge is 2.52. The van der Waals surface area contributed by atoms with E-state index in [1.54, 1.807) is 12.1 Å². The molecule has 1 heterocycles. The molecule has 2 aliphatic rings. The van der Waals surface area contributed by atoms with Crippen LogP contribution in [0.15, 0.2) is 66.4 Å². The molecule has 5 rings (SSSR count). The van der Waals surface area contributed by atoms with Crippen molar-refractivity contribution in [1.82, 2.24) is 9.78 Å². The number of nitrogens with zero attached hydrogens (tertiary/aromatic N) is 2. The van der Waals surface area contributed by atoms with E-state index in [9.17, 15) is 9.50 Å². The summed E-state index contributed by atoms with van der Waals surface area (Å²) in [6, 6.07) is 16.7. The van der Waals surface area contributed by atoms with Gasteiger partial charge in [0.05, 0.1) is 23.2 Å². The predicted octanol–water partition coefficient (Wildman–Crippen LogP) is 5.11. The third-order valence-corrected chi connectivity index (χ3v) is 6.92. The van der Waals surface area contributed by atoms with Crippen LogP contribution in [0.2, 0.25) is 0 Å². The highest BCUT2D eigenvalue weighted by Crippen LogP contribution is 2.54. The molecule has 29 heavy (non-hydrogen) atoms. The summed E-state index contributed by atoms with van der Waals surface area (Å²) in [7, 11) is 0. The average Bonchev–Trinajstić information content (AvgIpc) is 3.11. The molecule has 3 nitrogen and oxygen atoms in total. The summed E-state index contributed by atoms with van der Waals surface area (Å²) in [5.74, 6) is -0.251. The summed E-state index contributed by atoms with van der Waals surface area (Å²) >= 11 is 0. The van der Waals surface area contributed by atoms with Gasteiger partial charge in [-0.05, 0) is 67.2 Å². The molecule has 1 saturated carbocycles. The molecule has 0 saturated heterocycles. The number of aromatic nitrogens is 2. The first-order valence-corrected chi connectivity index (χ1v) is 10.3. The Morgan fingerprint density at radius 1 is 1.10 bits per heavy atom. The molecule has 0 amide bonds. The molecule has 2 aromatic carbocycles. The van der Waals surface area contributed by atoms with Gasteiger partial charge in [-0.25, -0.2) is 9.07 Å². The highest BCUT2D eigenvalue weighted by molar-refractivity contribution is 5.62. The zero-order chi connectivity index (χ0) is 20.1. The molecule has 0 radical (unpaired) electrons. The van der Waals surface area contributed by atoms with Crippen LogP contribution in [0.25, 0.3) is 11.8 Å². The minimum atomic E-state index is -0.784. The Labute approximate surface area is 170 Å². The van der Waals surface area contributed by atoms with Crippen LogP contribution in [0, 0.1) is 11.2 Å². The number of hydrogen-bond donors (Lipinski definition) is 1. The molecule has 0 aliphatic heterocycles. The molecule has 1 fully saturated rings. The van der Waals surface area contributed by atoms with Crippen molar-refractivity contribution in [2.75, 3.05) is 0 Å².